The van der Waals surface area contributed by atoms with Crippen molar-refractivity contribution in [1.82, 2.24) is 25.0 Å². The molecule has 1 aromatic carbocycles. The highest BCUT2D eigenvalue weighted by atomic mass is 19.4. The van der Waals surface area contributed by atoms with E-state index in [2.05, 4.69) is 10.1 Å². The van der Waals surface area contributed by atoms with E-state index >= 15 is 0 Å². The van der Waals surface area contributed by atoms with Gasteiger partial charge in [-0.25, -0.2) is 18.7 Å². The smallest absolute Gasteiger partial charge is 0.382 e. The number of anilines is 1. The molecule has 2 aromatic heterocycles. The highest BCUT2D eigenvalue weighted by Gasteiger charge is 2.36. The highest BCUT2D eigenvalue weighted by molar-refractivity contribution is 5.95. The molecule has 3 N–H and O–H groups in total. The molecule has 0 saturated carbocycles. The Bertz CT molecular complexity index is 1200. The summed E-state index contributed by atoms with van der Waals surface area (Å²) in [5.74, 6) is -2.44. The second kappa shape index (κ2) is 7.98. The first-order chi connectivity index (χ1) is 15.2. The van der Waals surface area contributed by atoms with E-state index in [1.807, 2.05) is 5.48 Å². The summed E-state index contributed by atoms with van der Waals surface area (Å²) in [5, 5.41) is 3.81. The van der Waals surface area contributed by atoms with Crippen LogP contribution >= 0.6 is 0 Å². The molecular formula is C19H16F4N6O3. The van der Waals surface area contributed by atoms with Crippen LogP contribution in [0.1, 0.15) is 28.8 Å². The Morgan fingerprint density at radius 2 is 1.88 bits per heavy atom. The van der Waals surface area contributed by atoms with Crippen LogP contribution in [0.4, 0.5) is 28.2 Å². The van der Waals surface area contributed by atoms with Crippen LogP contribution in [-0.2, 0) is 11.0 Å². The number of nitrogens with one attached hydrogen (secondary N) is 1. The first-order valence-electron chi connectivity index (χ1n) is 9.42. The fourth-order valence-electron chi connectivity index (χ4n) is 3.46. The number of halogens is 4. The number of hydrogen-bond donors (Lipinski definition) is 2. The number of carbonyl (C=O) groups excluding carboxylic acids is 2. The van der Waals surface area contributed by atoms with Gasteiger partial charge >= 0.3 is 12.3 Å². The minimum Gasteiger partial charge on any atom is -0.382 e. The molecule has 0 radical (unpaired) electrons. The van der Waals surface area contributed by atoms with Gasteiger partial charge in [0.2, 0.25) is 0 Å². The van der Waals surface area contributed by atoms with Gasteiger partial charge in [-0.05, 0) is 37.1 Å². The molecule has 3 heterocycles. The molecule has 2 amide bonds. The minimum absolute atomic E-state index is 0.0472. The molecule has 3 aromatic rings. The van der Waals surface area contributed by atoms with Crippen molar-refractivity contribution in [3.63, 3.8) is 0 Å². The van der Waals surface area contributed by atoms with E-state index in [9.17, 15) is 27.2 Å². The fourth-order valence-corrected chi connectivity index (χ4v) is 3.46. The van der Waals surface area contributed by atoms with Crippen molar-refractivity contribution in [2.24, 2.45) is 0 Å². The molecule has 0 spiro atoms. The number of fused-ring (bicyclic) bond motifs is 1. The molecule has 1 fully saturated rings. The standard InChI is InChI=1S/C19H16F4N6O3/c20-13-4-3-10(7-11(13)17(30)27-32-18(31)28-5-1-2-6-28)14-8-12(19(21,22)23)15-16(24)25-9-26-29(14)15/h3-4,7-9H,1-2,5-6H2,(H,27,30)(H2,24,25,26). The molecule has 0 atom stereocenters. The molecule has 1 saturated heterocycles. The summed E-state index contributed by atoms with van der Waals surface area (Å²) in [6.45, 7) is 0.957. The summed E-state index contributed by atoms with van der Waals surface area (Å²) in [4.78, 5) is 33.9. The third-order valence-corrected chi connectivity index (χ3v) is 4.99. The number of nitrogens with two attached hydrogens (primary N) is 1. The number of carbonyl (C=O) groups is 2. The Hall–Kier alpha value is -3.90. The molecule has 0 unspecified atom stereocenters. The zero-order chi connectivity index (χ0) is 23.0. The maximum absolute atomic E-state index is 14.3. The van der Waals surface area contributed by atoms with Crippen LogP contribution in [0.5, 0.6) is 0 Å². The molecule has 32 heavy (non-hydrogen) atoms. The molecule has 9 nitrogen and oxygen atoms in total. The second-order valence-corrected chi connectivity index (χ2v) is 7.03. The quantitative estimate of drug-likeness (QED) is 0.456. The van der Waals surface area contributed by atoms with Gasteiger partial charge in [0, 0.05) is 18.7 Å². The SMILES string of the molecule is Nc1ncnn2c(-c3ccc(F)c(C(=O)NOC(=O)N4CCCC4)c3)cc(C(F)(F)F)c12. The van der Waals surface area contributed by atoms with E-state index in [1.54, 1.807) is 0 Å². The van der Waals surface area contributed by atoms with Gasteiger partial charge in [-0.3, -0.25) is 4.79 Å². The van der Waals surface area contributed by atoms with Gasteiger partial charge in [-0.15, -0.1) is 0 Å². The van der Waals surface area contributed by atoms with Crippen LogP contribution in [-0.4, -0.2) is 44.6 Å². The number of likely N-dealkylation sites (tertiary alicyclic amines) is 1. The largest absolute Gasteiger partial charge is 0.434 e. The predicted octanol–water partition coefficient (Wildman–Crippen LogP) is 3.01. The van der Waals surface area contributed by atoms with Crippen molar-refractivity contribution in [3.8, 4) is 11.3 Å². The molecule has 13 heteroatoms. The summed E-state index contributed by atoms with van der Waals surface area (Å²) < 4.78 is 55.7. The lowest BCUT2D eigenvalue weighted by Gasteiger charge is -2.14. The fraction of sp³-hybridized carbons (Fsp3) is 0.263. The van der Waals surface area contributed by atoms with Crippen LogP contribution < -0.4 is 11.2 Å². The van der Waals surface area contributed by atoms with Gasteiger partial charge in [-0.2, -0.15) is 23.8 Å². The molecule has 4 rings (SSSR count). The van der Waals surface area contributed by atoms with E-state index < -0.39 is 46.5 Å². The molecule has 1 aliphatic rings. The number of hydrogen-bond acceptors (Lipinski definition) is 6. The first kappa shape index (κ1) is 21.3. The van der Waals surface area contributed by atoms with Crippen molar-refractivity contribution in [3.05, 3.63) is 47.5 Å². The zero-order valence-electron chi connectivity index (χ0n) is 16.3. The van der Waals surface area contributed by atoms with Crippen LogP contribution in [0.25, 0.3) is 16.8 Å². The Labute approximate surface area is 177 Å². The Balaban J connectivity index is 1.67. The van der Waals surface area contributed by atoms with Gasteiger partial charge in [0.1, 0.15) is 17.7 Å². The third kappa shape index (κ3) is 3.88. The average molecular weight is 452 g/mol. The topological polar surface area (TPSA) is 115 Å². The van der Waals surface area contributed by atoms with Crippen LogP contribution in [0.3, 0.4) is 0 Å². The Morgan fingerprint density at radius 3 is 2.56 bits per heavy atom. The third-order valence-electron chi connectivity index (χ3n) is 4.99. The van der Waals surface area contributed by atoms with Gasteiger partial charge in [0.25, 0.3) is 5.91 Å². The van der Waals surface area contributed by atoms with Gasteiger partial charge < -0.3 is 15.5 Å². The van der Waals surface area contributed by atoms with Crippen molar-refractivity contribution in [2.75, 3.05) is 18.8 Å². The van der Waals surface area contributed by atoms with Gasteiger partial charge in [-0.1, -0.05) is 0 Å². The van der Waals surface area contributed by atoms with Crippen LogP contribution in [0, 0.1) is 5.82 Å². The highest BCUT2D eigenvalue weighted by Crippen LogP contribution is 2.38. The average Bonchev–Trinajstić information content (AvgIpc) is 3.41. The van der Waals surface area contributed by atoms with Gasteiger partial charge in [0.05, 0.1) is 16.8 Å². The number of amides is 2. The number of nitrogen functional groups attached to an aromatic ring is 1. The van der Waals surface area contributed by atoms with Crippen molar-refractivity contribution in [1.29, 1.82) is 0 Å². The van der Waals surface area contributed by atoms with Crippen molar-refractivity contribution in [2.45, 2.75) is 19.0 Å². The summed E-state index contributed by atoms with van der Waals surface area (Å²) >= 11 is 0. The first-order valence-corrected chi connectivity index (χ1v) is 9.42. The van der Waals surface area contributed by atoms with Crippen LogP contribution in [0.15, 0.2) is 30.6 Å². The van der Waals surface area contributed by atoms with E-state index in [-0.39, 0.29) is 11.3 Å². The molecule has 168 valence electrons. The van der Waals surface area contributed by atoms with E-state index in [4.69, 9.17) is 10.6 Å². The second-order valence-electron chi connectivity index (χ2n) is 7.03. The summed E-state index contributed by atoms with van der Waals surface area (Å²) in [6.07, 6.45) is -2.96. The predicted molar refractivity (Wildman–Crippen MR) is 103 cm³/mol. The lowest BCUT2D eigenvalue weighted by molar-refractivity contribution is -0.136. The number of nitrogens with zero attached hydrogens (tertiary/aromatic N) is 4. The van der Waals surface area contributed by atoms with E-state index in [1.165, 1.54) is 11.0 Å². The zero-order valence-corrected chi connectivity index (χ0v) is 16.3. The number of aromatic nitrogens is 3. The Morgan fingerprint density at radius 1 is 1.16 bits per heavy atom. The normalized spacial score (nSPS) is 14.1. The molecule has 1 aliphatic heterocycles. The van der Waals surface area contributed by atoms with Crippen molar-refractivity contribution >= 4 is 23.3 Å². The molecule has 0 bridgehead atoms. The lowest BCUT2D eigenvalue weighted by atomic mass is 10.1. The minimum atomic E-state index is -4.76. The number of hydroxylamine groups is 1. The van der Waals surface area contributed by atoms with E-state index in [0.29, 0.717) is 13.1 Å². The summed E-state index contributed by atoms with van der Waals surface area (Å²) in [6, 6.07) is 3.89. The molecular weight excluding hydrogens is 436 g/mol. The molecule has 0 aliphatic carbocycles. The monoisotopic (exact) mass is 452 g/mol. The summed E-state index contributed by atoms with van der Waals surface area (Å²) in [5.41, 5.74) is 5.35. The van der Waals surface area contributed by atoms with Gasteiger partial charge in [0.15, 0.2) is 5.82 Å². The Kier molecular flexibility index (Phi) is 5.32. The van der Waals surface area contributed by atoms with Crippen molar-refractivity contribution < 1.29 is 32.0 Å². The van der Waals surface area contributed by atoms with E-state index in [0.717, 1.165) is 41.9 Å². The maximum atomic E-state index is 14.3. The number of alkyl halides is 3. The summed E-state index contributed by atoms with van der Waals surface area (Å²) in [7, 11) is 0. The number of rotatable bonds is 2. The van der Waals surface area contributed by atoms with Crippen LogP contribution in [0.2, 0.25) is 0 Å². The maximum Gasteiger partial charge on any atom is 0.434 e. The lowest BCUT2D eigenvalue weighted by Crippen LogP contribution is -2.35. The number of benzene rings is 1.